The zero-order chi connectivity index (χ0) is 9.61. The van der Waals surface area contributed by atoms with Crippen LogP contribution in [0.2, 0.25) is 0 Å². The zero-order valence-electron chi connectivity index (χ0n) is 6.26. The van der Waals surface area contributed by atoms with Gasteiger partial charge in [0.25, 0.3) is 0 Å². The first-order chi connectivity index (χ1) is 5.48. The monoisotopic (exact) mass is 191 g/mol. The van der Waals surface area contributed by atoms with Crippen LogP contribution in [0.25, 0.3) is 0 Å². The Morgan fingerprint density at radius 2 is 2.17 bits per heavy atom. The normalized spacial score (nSPS) is 11.3. The number of rotatable bonds is 5. The summed E-state index contributed by atoms with van der Waals surface area (Å²) in [4.78, 5) is 10.2. The van der Waals surface area contributed by atoms with Crippen LogP contribution in [-0.4, -0.2) is 14.3 Å². The SMILES string of the molecule is C=COS(=O)(=O)C=CCC(N)=O. The Morgan fingerprint density at radius 3 is 2.58 bits per heavy atom. The number of hydrogen-bond donors (Lipinski definition) is 1. The molecule has 0 aromatic carbocycles. The molecule has 0 rings (SSSR count). The van der Waals surface area contributed by atoms with Crippen molar-refractivity contribution in [2.24, 2.45) is 5.73 Å². The molecule has 0 aromatic heterocycles. The van der Waals surface area contributed by atoms with Crippen LogP contribution in [-0.2, 0) is 19.1 Å². The highest BCUT2D eigenvalue weighted by Crippen LogP contribution is 1.96. The van der Waals surface area contributed by atoms with Crippen LogP contribution in [0.4, 0.5) is 0 Å². The predicted molar refractivity (Wildman–Crippen MR) is 43.2 cm³/mol. The van der Waals surface area contributed by atoms with Crippen LogP contribution in [0.3, 0.4) is 0 Å². The summed E-state index contributed by atoms with van der Waals surface area (Å²) in [6.07, 6.45) is 1.74. The molecule has 0 aliphatic heterocycles. The van der Waals surface area contributed by atoms with Crippen molar-refractivity contribution in [2.45, 2.75) is 6.42 Å². The molecular formula is C6H9NO4S. The number of primary amides is 1. The van der Waals surface area contributed by atoms with Gasteiger partial charge in [-0.05, 0) is 0 Å². The summed E-state index contributed by atoms with van der Waals surface area (Å²) in [5.74, 6) is -0.611. The van der Waals surface area contributed by atoms with Gasteiger partial charge in [0, 0.05) is 6.42 Å². The van der Waals surface area contributed by atoms with E-state index in [4.69, 9.17) is 5.73 Å². The van der Waals surface area contributed by atoms with Gasteiger partial charge in [-0.2, -0.15) is 8.42 Å². The molecule has 5 nitrogen and oxygen atoms in total. The Labute approximate surface area is 70.6 Å². The van der Waals surface area contributed by atoms with E-state index < -0.39 is 16.0 Å². The molecule has 0 spiro atoms. The maximum atomic E-state index is 10.7. The van der Waals surface area contributed by atoms with E-state index in [9.17, 15) is 13.2 Å². The van der Waals surface area contributed by atoms with Crippen molar-refractivity contribution in [1.82, 2.24) is 0 Å². The fourth-order valence-corrected chi connectivity index (χ4v) is 0.995. The van der Waals surface area contributed by atoms with Crippen LogP contribution in [0.1, 0.15) is 6.42 Å². The second-order valence-electron chi connectivity index (χ2n) is 1.80. The van der Waals surface area contributed by atoms with Crippen molar-refractivity contribution < 1.29 is 17.4 Å². The molecule has 0 atom stereocenters. The summed E-state index contributed by atoms with van der Waals surface area (Å²) >= 11 is 0. The molecule has 0 aromatic rings. The molecule has 6 heteroatoms. The Kier molecular flexibility index (Phi) is 4.06. The van der Waals surface area contributed by atoms with E-state index in [0.717, 1.165) is 17.7 Å². The molecule has 12 heavy (non-hydrogen) atoms. The molecule has 0 radical (unpaired) electrons. The highest BCUT2D eigenvalue weighted by atomic mass is 32.2. The maximum Gasteiger partial charge on any atom is 0.331 e. The fraction of sp³-hybridized carbons (Fsp3) is 0.167. The minimum absolute atomic E-state index is 0.139. The van der Waals surface area contributed by atoms with E-state index >= 15 is 0 Å². The third-order valence-electron chi connectivity index (χ3n) is 0.784. The molecule has 0 bridgehead atoms. The first kappa shape index (κ1) is 10.7. The smallest absolute Gasteiger partial charge is 0.331 e. The van der Waals surface area contributed by atoms with Gasteiger partial charge in [-0.25, -0.2) is 0 Å². The molecule has 2 N–H and O–H groups in total. The molecule has 0 heterocycles. The molecule has 0 fully saturated rings. The van der Waals surface area contributed by atoms with Crippen molar-refractivity contribution in [1.29, 1.82) is 0 Å². The lowest BCUT2D eigenvalue weighted by atomic mass is 10.4. The number of amides is 1. The van der Waals surface area contributed by atoms with Crippen LogP contribution < -0.4 is 5.73 Å². The average molecular weight is 191 g/mol. The third-order valence-corrected chi connectivity index (χ3v) is 1.71. The van der Waals surface area contributed by atoms with E-state index in [2.05, 4.69) is 10.8 Å². The van der Waals surface area contributed by atoms with Gasteiger partial charge >= 0.3 is 10.1 Å². The van der Waals surface area contributed by atoms with Crippen LogP contribution in [0.5, 0.6) is 0 Å². The highest BCUT2D eigenvalue weighted by Gasteiger charge is 2.01. The lowest BCUT2D eigenvalue weighted by molar-refractivity contribution is -0.117. The first-order valence-electron chi connectivity index (χ1n) is 2.97. The van der Waals surface area contributed by atoms with Crippen LogP contribution >= 0.6 is 0 Å². The summed E-state index contributed by atoms with van der Waals surface area (Å²) in [6.45, 7) is 3.06. The summed E-state index contributed by atoms with van der Waals surface area (Å²) in [5, 5.41) is 0.749. The third kappa shape index (κ3) is 5.48. The maximum absolute atomic E-state index is 10.7. The molecule has 0 saturated heterocycles. The molecule has 0 aliphatic carbocycles. The Hall–Kier alpha value is -1.30. The van der Waals surface area contributed by atoms with E-state index in [0.29, 0.717) is 0 Å². The summed E-state index contributed by atoms with van der Waals surface area (Å²) in [7, 11) is -3.73. The van der Waals surface area contributed by atoms with Crippen molar-refractivity contribution in [3.8, 4) is 0 Å². The van der Waals surface area contributed by atoms with Gasteiger partial charge in [-0.3, -0.25) is 4.79 Å². The van der Waals surface area contributed by atoms with E-state index in [1.54, 1.807) is 0 Å². The number of nitrogens with two attached hydrogens (primary N) is 1. The summed E-state index contributed by atoms with van der Waals surface area (Å²) in [5.41, 5.74) is 4.75. The van der Waals surface area contributed by atoms with Crippen LogP contribution in [0, 0.1) is 0 Å². The fourth-order valence-electron chi connectivity index (χ4n) is 0.409. The highest BCUT2D eigenvalue weighted by molar-refractivity contribution is 7.89. The number of hydrogen-bond acceptors (Lipinski definition) is 4. The minimum Gasteiger partial charge on any atom is -0.388 e. The summed E-state index contributed by atoms with van der Waals surface area (Å²) in [6, 6.07) is 0. The molecule has 0 saturated carbocycles. The molecule has 1 amide bonds. The van der Waals surface area contributed by atoms with Crippen molar-refractivity contribution in [3.05, 3.63) is 24.3 Å². The second kappa shape index (κ2) is 4.55. The van der Waals surface area contributed by atoms with E-state index in [1.165, 1.54) is 0 Å². The molecular weight excluding hydrogens is 182 g/mol. The Bertz CT molecular complexity index is 291. The lowest BCUT2D eigenvalue weighted by Gasteiger charge is -1.93. The van der Waals surface area contributed by atoms with Gasteiger partial charge in [0.15, 0.2) is 0 Å². The quantitative estimate of drug-likeness (QED) is 0.484. The van der Waals surface area contributed by atoms with Gasteiger partial charge < -0.3 is 9.92 Å². The van der Waals surface area contributed by atoms with E-state index in [1.807, 2.05) is 0 Å². The van der Waals surface area contributed by atoms with Gasteiger partial charge in [0.05, 0.1) is 11.7 Å². The average Bonchev–Trinajstić information content (AvgIpc) is 1.85. The Balaban J connectivity index is 4.15. The van der Waals surface area contributed by atoms with Crippen molar-refractivity contribution in [2.75, 3.05) is 0 Å². The number of carbonyl (C=O) groups excluding carboxylic acids is 1. The molecule has 68 valence electrons. The minimum atomic E-state index is -3.73. The Morgan fingerprint density at radius 1 is 1.58 bits per heavy atom. The topological polar surface area (TPSA) is 86.5 Å². The zero-order valence-corrected chi connectivity index (χ0v) is 7.08. The van der Waals surface area contributed by atoms with Gasteiger partial charge in [-0.15, -0.1) is 0 Å². The largest absolute Gasteiger partial charge is 0.388 e. The molecule has 0 aliphatic rings. The van der Waals surface area contributed by atoms with Gasteiger partial charge in [-0.1, -0.05) is 12.7 Å². The first-order valence-corrected chi connectivity index (χ1v) is 4.44. The van der Waals surface area contributed by atoms with Crippen molar-refractivity contribution in [3.63, 3.8) is 0 Å². The van der Waals surface area contributed by atoms with Gasteiger partial charge in [0.2, 0.25) is 5.91 Å². The summed E-state index contributed by atoms with van der Waals surface area (Å²) < 4.78 is 25.5. The van der Waals surface area contributed by atoms with Crippen LogP contribution in [0.15, 0.2) is 24.3 Å². The predicted octanol–water partition coefficient (Wildman–Crippen LogP) is -0.135. The standard InChI is InChI=1S/C6H9NO4S/c1-2-11-12(9,10)5-3-4-6(7)8/h2-3,5H,1,4H2,(H2,7,8). The second-order valence-corrected chi connectivity index (χ2v) is 3.25. The molecule has 0 unspecified atom stereocenters. The number of carbonyl (C=O) groups is 1. The van der Waals surface area contributed by atoms with E-state index in [-0.39, 0.29) is 6.42 Å². The lowest BCUT2D eigenvalue weighted by Crippen LogP contribution is -2.08. The van der Waals surface area contributed by atoms with Crippen molar-refractivity contribution >= 4 is 16.0 Å². The van der Waals surface area contributed by atoms with Gasteiger partial charge in [0.1, 0.15) is 0 Å².